The van der Waals surface area contributed by atoms with Crippen LogP contribution in [0.3, 0.4) is 0 Å². The Morgan fingerprint density at radius 1 is 1.44 bits per heavy atom. The Hall–Kier alpha value is -2.30. The first-order valence-electron chi connectivity index (χ1n) is 4.74. The summed E-state index contributed by atoms with van der Waals surface area (Å²) in [6, 6.07) is 7.20. The zero-order chi connectivity index (χ0) is 11.4. The van der Waals surface area contributed by atoms with Crippen LogP contribution >= 0.6 is 0 Å². The number of aromatic nitrogens is 2. The number of hydrogen-bond acceptors (Lipinski definition) is 4. The van der Waals surface area contributed by atoms with E-state index < -0.39 is 5.97 Å². The van der Waals surface area contributed by atoms with Gasteiger partial charge in [0.15, 0.2) is 0 Å². The number of carbonyl (C=O) groups is 1. The fourth-order valence-corrected chi connectivity index (χ4v) is 1.27. The lowest BCUT2D eigenvalue weighted by Crippen LogP contribution is -2.08. The second-order valence-electron chi connectivity index (χ2n) is 3.12. The molecule has 5 heteroatoms. The zero-order valence-electron chi connectivity index (χ0n) is 8.75. The first-order valence-corrected chi connectivity index (χ1v) is 4.74. The molecule has 0 aromatic carbocycles. The van der Waals surface area contributed by atoms with Crippen molar-refractivity contribution < 1.29 is 9.53 Å². The van der Waals surface area contributed by atoms with Gasteiger partial charge in [-0.25, -0.2) is 9.78 Å². The summed E-state index contributed by atoms with van der Waals surface area (Å²) in [5.74, 6) is -0.448. The number of nitrogens with one attached hydrogen (secondary N) is 1. The minimum atomic E-state index is -0.448. The van der Waals surface area contributed by atoms with E-state index in [1.807, 2.05) is 24.5 Å². The van der Waals surface area contributed by atoms with Crippen molar-refractivity contribution in [1.29, 1.82) is 0 Å². The third-order valence-corrected chi connectivity index (χ3v) is 2.02. The van der Waals surface area contributed by atoms with Gasteiger partial charge in [0.2, 0.25) is 0 Å². The molecule has 0 spiro atoms. The van der Waals surface area contributed by atoms with E-state index in [9.17, 15) is 4.79 Å². The molecule has 2 heterocycles. The van der Waals surface area contributed by atoms with E-state index >= 15 is 0 Å². The van der Waals surface area contributed by atoms with E-state index in [-0.39, 0.29) is 5.69 Å². The summed E-state index contributed by atoms with van der Waals surface area (Å²) in [4.78, 5) is 15.2. The van der Waals surface area contributed by atoms with E-state index in [1.54, 1.807) is 23.0 Å². The van der Waals surface area contributed by atoms with E-state index in [2.05, 4.69) is 15.1 Å². The summed E-state index contributed by atoms with van der Waals surface area (Å²) >= 11 is 0. The molecule has 0 atom stereocenters. The molecular formula is C11H11N3O2. The van der Waals surface area contributed by atoms with Crippen LogP contribution in [0.5, 0.6) is 0 Å². The largest absolute Gasteiger partial charge is 0.464 e. The van der Waals surface area contributed by atoms with Crippen molar-refractivity contribution in [2.45, 2.75) is 0 Å². The highest BCUT2D eigenvalue weighted by Gasteiger charge is 2.06. The van der Waals surface area contributed by atoms with E-state index in [0.29, 0.717) is 0 Å². The lowest BCUT2D eigenvalue weighted by Gasteiger charge is -2.07. The van der Waals surface area contributed by atoms with Crippen LogP contribution in [0.4, 0.5) is 5.69 Å². The third kappa shape index (κ3) is 2.20. The topological polar surface area (TPSA) is 56.1 Å². The number of nitrogens with zero attached hydrogens (tertiary/aromatic N) is 2. The molecule has 0 amide bonds. The Morgan fingerprint density at radius 3 is 2.88 bits per heavy atom. The molecule has 0 bridgehead atoms. The van der Waals surface area contributed by atoms with E-state index in [4.69, 9.17) is 0 Å². The van der Waals surface area contributed by atoms with E-state index in [0.717, 1.165) is 5.69 Å². The number of hydrogen-bond donors (Lipinski definition) is 1. The van der Waals surface area contributed by atoms with Crippen molar-refractivity contribution >= 4 is 11.7 Å². The molecule has 0 radical (unpaired) electrons. The Bertz CT molecular complexity index is 480. The quantitative estimate of drug-likeness (QED) is 0.792. The number of carbonyl (C=O) groups excluding carboxylic acids is 1. The van der Waals surface area contributed by atoms with Crippen molar-refractivity contribution in [2.75, 3.05) is 12.5 Å². The monoisotopic (exact) mass is 217 g/mol. The summed E-state index contributed by atoms with van der Waals surface area (Å²) in [6.07, 6.45) is 5.27. The van der Waals surface area contributed by atoms with Gasteiger partial charge in [-0.1, -0.05) is 0 Å². The maximum absolute atomic E-state index is 11.2. The van der Waals surface area contributed by atoms with Gasteiger partial charge in [0.1, 0.15) is 5.69 Å². The number of rotatable bonds is 3. The summed E-state index contributed by atoms with van der Waals surface area (Å²) in [7, 11) is 1.33. The Morgan fingerprint density at radius 2 is 2.19 bits per heavy atom. The number of esters is 1. The van der Waals surface area contributed by atoms with Crippen molar-refractivity contribution in [3.05, 3.63) is 48.5 Å². The van der Waals surface area contributed by atoms with Gasteiger partial charge in [-0.3, -0.25) is 10.1 Å². The molecule has 82 valence electrons. The Labute approximate surface area is 92.7 Å². The number of pyridine rings is 1. The maximum atomic E-state index is 11.2. The molecule has 0 fully saturated rings. The minimum absolute atomic E-state index is 0.277. The maximum Gasteiger partial charge on any atom is 0.356 e. The standard InChI is InChI=1S/C11H11N3O2/c1-16-11(15)10-8-9(4-5-12-10)13-14-6-2-3-7-14/h2-8H,1H3,(H,12,13). The molecule has 16 heavy (non-hydrogen) atoms. The third-order valence-electron chi connectivity index (χ3n) is 2.02. The summed E-state index contributed by atoms with van der Waals surface area (Å²) < 4.78 is 6.36. The highest BCUT2D eigenvalue weighted by atomic mass is 16.5. The molecule has 2 aromatic rings. The molecule has 0 aliphatic heterocycles. The van der Waals surface area contributed by atoms with Crippen molar-refractivity contribution in [2.24, 2.45) is 0 Å². The van der Waals surface area contributed by atoms with Crippen molar-refractivity contribution in [1.82, 2.24) is 9.66 Å². The molecule has 0 aliphatic rings. The van der Waals surface area contributed by atoms with Crippen molar-refractivity contribution in [3.8, 4) is 0 Å². The first-order chi connectivity index (χ1) is 7.79. The van der Waals surface area contributed by atoms with Crippen LogP contribution in [-0.4, -0.2) is 22.7 Å². The highest BCUT2D eigenvalue weighted by molar-refractivity contribution is 5.88. The molecule has 5 nitrogen and oxygen atoms in total. The molecule has 0 unspecified atom stereocenters. The van der Waals surface area contributed by atoms with Gasteiger partial charge in [-0.05, 0) is 24.3 Å². The summed E-state index contributed by atoms with van der Waals surface area (Å²) in [5.41, 5.74) is 4.12. The second kappa shape index (κ2) is 4.48. The fraction of sp³-hybridized carbons (Fsp3) is 0.0909. The van der Waals surface area contributed by atoms with Crippen LogP contribution in [0.25, 0.3) is 0 Å². The van der Waals surface area contributed by atoms with Crippen LogP contribution in [0.15, 0.2) is 42.9 Å². The van der Waals surface area contributed by atoms with Gasteiger partial charge in [0, 0.05) is 18.6 Å². The van der Waals surface area contributed by atoms with Gasteiger partial charge < -0.3 is 4.74 Å². The minimum Gasteiger partial charge on any atom is -0.464 e. The second-order valence-corrected chi connectivity index (χ2v) is 3.12. The SMILES string of the molecule is COC(=O)c1cc(Nn2cccc2)ccn1. The predicted octanol–water partition coefficient (Wildman–Crippen LogP) is 1.54. The average Bonchev–Trinajstić information content (AvgIpc) is 2.81. The first kappa shape index (κ1) is 10.2. The van der Waals surface area contributed by atoms with Crippen LogP contribution in [0, 0.1) is 0 Å². The van der Waals surface area contributed by atoms with Crippen molar-refractivity contribution in [3.63, 3.8) is 0 Å². The summed E-state index contributed by atoms with van der Waals surface area (Å²) in [5, 5.41) is 0. The van der Waals surface area contributed by atoms with Crippen LogP contribution in [-0.2, 0) is 4.74 Å². The van der Waals surface area contributed by atoms with Gasteiger partial charge in [-0.2, -0.15) is 0 Å². The molecular weight excluding hydrogens is 206 g/mol. The van der Waals surface area contributed by atoms with E-state index in [1.165, 1.54) is 7.11 Å². The van der Waals surface area contributed by atoms with Gasteiger partial charge >= 0.3 is 5.97 Å². The molecule has 0 saturated heterocycles. The normalized spacial score (nSPS) is 9.81. The zero-order valence-corrected chi connectivity index (χ0v) is 8.75. The highest BCUT2D eigenvalue weighted by Crippen LogP contribution is 2.09. The molecule has 0 aliphatic carbocycles. The Kier molecular flexibility index (Phi) is 2.86. The smallest absolute Gasteiger partial charge is 0.356 e. The number of ether oxygens (including phenoxy) is 1. The average molecular weight is 217 g/mol. The molecule has 1 N–H and O–H groups in total. The lowest BCUT2D eigenvalue weighted by atomic mass is 10.3. The molecule has 2 aromatic heterocycles. The number of methoxy groups -OCH3 is 1. The van der Waals surface area contributed by atoms with Crippen LogP contribution < -0.4 is 5.43 Å². The fourth-order valence-electron chi connectivity index (χ4n) is 1.27. The molecule has 2 rings (SSSR count). The number of anilines is 1. The van der Waals surface area contributed by atoms with Crippen LogP contribution in [0.1, 0.15) is 10.5 Å². The van der Waals surface area contributed by atoms with Crippen LogP contribution in [0.2, 0.25) is 0 Å². The Balaban J connectivity index is 2.19. The molecule has 0 saturated carbocycles. The lowest BCUT2D eigenvalue weighted by molar-refractivity contribution is 0.0594. The van der Waals surface area contributed by atoms with Gasteiger partial charge in [0.25, 0.3) is 0 Å². The van der Waals surface area contributed by atoms with Gasteiger partial charge in [0.05, 0.1) is 12.8 Å². The predicted molar refractivity (Wildman–Crippen MR) is 59.0 cm³/mol. The van der Waals surface area contributed by atoms with Gasteiger partial charge in [-0.15, -0.1) is 0 Å². The summed E-state index contributed by atoms with van der Waals surface area (Å²) in [6.45, 7) is 0.